The van der Waals surface area contributed by atoms with Gasteiger partial charge in [-0.2, -0.15) is 0 Å². The number of nitrogens with one attached hydrogen (secondary N) is 1. The lowest BCUT2D eigenvalue weighted by atomic mass is 9.96. The quantitative estimate of drug-likeness (QED) is 0.457. The summed E-state index contributed by atoms with van der Waals surface area (Å²) in [5.74, 6) is -0.232. The number of nitrogens with zero attached hydrogens (tertiary/aromatic N) is 4. The van der Waals surface area contributed by atoms with E-state index in [4.69, 9.17) is 4.74 Å². The molecule has 3 heterocycles. The van der Waals surface area contributed by atoms with Gasteiger partial charge in [0.25, 0.3) is 5.91 Å². The van der Waals surface area contributed by atoms with Crippen LogP contribution in [0.15, 0.2) is 41.4 Å². The summed E-state index contributed by atoms with van der Waals surface area (Å²) in [7, 11) is 0. The molecule has 0 saturated carbocycles. The van der Waals surface area contributed by atoms with Crippen molar-refractivity contribution in [2.24, 2.45) is 0 Å². The Bertz CT molecular complexity index is 1100. The average molecular weight is 482 g/mol. The molecule has 0 unspecified atom stereocenters. The van der Waals surface area contributed by atoms with Gasteiger partial charge in [0.15, 0.2) is 5.13 Å². The van der Waals surface area contributed by atoms with E-state index in [-0.39, 0.29) is 18.4 Å². The lowest BCUT2D eigenvalue weighted by Gasteiger charge is -2.35. The van der Waals surface area contributed by atoms with Gasteiger partial charge in [-0.1, -0.05) is 12.2 Å². The van der Waals surface area contributed by atoms with Crippen LogP contribution in [0, 0.1) is 0 Å². The number of hydrogen-bond donors (Lipinski definition) is 1. The van der Waals surface area contributed by atoms with Crippen LogP contribution in [0.2, 0.25) is 0 Å². The first-order chi connectivity index (χ1) is 16.5. The fourth-order valence-corrected chi connectivity index (χ4v) is 4.66. The predicted octanol–water partition coefficient (Wildman–Crippen LogP) is 2.78. The van der Waals surface area contributed by atoms with Crippen LogP contribution in [-0.4, -0.2) is 72.4 Å². The molecule has 1 aliphatic carbocycles. The van der Waals surface area contributed by atoms with Gasteiger partial charge in [-0.15, -0.1) is 11.3 Å². The first-order valence-corrected chi connectivity index (χ1v) is 12.1. The van der Waals surface area contributed by atoms with Crippen molar-refractivity contribution in [2.45, 2.75) is 19.8 Å². The van der Waals surface area contributed by atoms with Crippen LogP contribution in [0.4, 0.5) is 10.8 Å². The molecule has 10 heteroatoms. The number of aromatic nitrogens is 2. The molecule has 1 N–H and O–H groups in total. The summed E-state index contributed by atoms with van der Waals surface area (Å²) >= 11 is 1.35. The van der Waals surface area contributed by atoms with Crippen LogP contribution < -0.4 is 10.2 Å². The summed E-state index contributed by atoms with van der Waals surface area (Å²) in [6, 6.07) is 3.58. The molecule has 2 aromatic heterocycles. The number of pyridine rings is 1. The zero-order valence-electron chi connectivity index (χ0n) is 19.0. The summed E-state index contributed by atoms with van der Waals surface area (Å²) in [6.07, 6.45) is 8.46. The van der Waals surface area contributed by atoms with Crippen molar-refractivity contribution in [1.82, 2.24) is 14.9 Å². The van der Waals surface area contributed by atoms with Crippen LogP contribution in [0.25, 0.3) is 5.57 Å². The predicted molar refractivity (Wildman–Crippen MR) is 131 cm³/mol. The van der Waals surface area contributed by atoms with Gasteiger partial charge in [-0.25, -0.2) is 9.97 Å². The first-order valence-electron chi connectivity index (χ1n) is 11.2. The monoisotopic (exact) mass is 481 g/mol. The maximum Gasteiger partial charge on any atom is 0.276 e. The van der Waals surface area contributed by atoms with E-state index in [1.165, 1.54) is 11.3 Å². The highest BCUT2D eigenvalue weighted by Crippen LogP contribution is 2.31. The lowest BCUT2D eigenvalue weighted by molar-refractivity contribution is -0.129. The second kappa shape index (κ2) is 11.2. The van der Waals surface area contributed by atoms with Gasteiger partial charge in [-0.05, 0) is 30.5 Å². The zero-order valence-corrected chi connectivity index (χ0v) is 19.8. The number of hydrogen-bond acceptors (Lipinski definition) is 8. The first kappa shape index (κ1) is 23.8. The third-order valence-corrected chi connectivity index (χ3v) is 6.52. The number of carbonyl (C=O) groups excluding carboxylic acids is 3. The molecule has 1 aliphatic heterocycles. The second-order valence-corrected chi connectivity index (χ2v) is 8.85. The van der Waals surface area contributed by atoms with E-state index in [0.717, 1.165) is 54.7 Å². The van der Waals surface area contributed by atoms with Gasteiger partial charge in [0.05, 0.1) is 24.2 Å². The van der Waals surface area contributed by atoms with Crippen LogP contribution in [-0.2, 0) is 14.3 Å². The van der Waals surface area contributed by atoms with Gasteiger partial charge in [0.1, 0.15) is 18.6 Å². The molecule has 1 saturated heterocycles. The molecule has 34 heavy (non-hydrogen) atoms. The molecule has 0 bridgehead atoms. The molecule has 9 nitrogen and oxygen atoms in total. The van der Waals surface area contributed by atoms with E-state index in [1.807, 2.05) is 16.3 Å². The maximum atomic E-state index is 12.7. The highest BCUT2D eigenvalue weighted by atomic mass is 32.1. The second-order valence-electron chi connectivity index (χ2n) is 7.99. The highest BCUT2D eigenvalue weighted by molar-refractivity contribution is 7.14. The zero-order chi connectivity index (χ0) is 23.9. The molecular weight excluding hydrogens is 454 g/mol. The van der Waals surface area contributed by atoms with Gasteiger partial charge in [0, 0.05) is 44.1 Å². The molecule has 2 aromatic rings. The van der Waals surface area contributed by atoms with Crippen molar-refractivity contribution in [3.05, 3.63) is 52.8 Å². The van der Waals surface area contributed by atoms with Gasteiger partial charge in [-0.3, -0.25) is 14.9 Å². The van der Waals surface area contributed by atoms with Crippen molar-refractivity contribution in [2.75, 3.05) is 49.6 Å². The van der Waals surface area contributed by atoms with Crippen LogP contribution in [0.1, 0.15) is 35.9 Å². The Morgan fingerprint density at radius 1 is 1.18 bits per heavy atom. The SMILES string of the molecule is CC(=O)N1CCN(c2ccc(C(=O)Nc3nc(C4=CCCC=C4COCC=O)cs3)nc2)CC1. The number of allylic oxidation sites excluding steroid dienone is 2. The van der Waals surface area contributed by atoms with Gasteiger partial charge in [0.2, 0.25) is 5.91 Å². The van der Waals surface area contributed by atoms with Crippen molar-refractivity contribution in [1.29, 1.82) is 0 Å². The molecular formula is C24H27N5O4S. The average Bonchev–Trinajstić information content (AvgIpc) is 3.33. The van der Waals surface area contributed by atoms with Gasteiger partial charge >= 0.3 is 0 Å². The Labute approximate surface area is 202 Å². The van der Waals surface area contributed by atoms with Crippen molar-refractivity contribution >= 4 is 45.8 Å². The fraction of sp³-hybridized carbons (Fsp3) is 0.375. The summed E-state index contributed by atoms with van der Waals surface area (Å²) < 4.78 is 5.37. The minimum atomic E-state index is -0.323. The maximum absolute atomic E-state index is 12.7. The third-order valence-electron chi connectivity index (χ3n) is 5.77. The van der Waals surface area contributed by atoms with Crippen molar-refractivity contribution in [3.63, 3.8) is 0 Å². The topological polar surface area (TPSA) is 105 Å². The molecule has 0 aromatic carbocycles. The number of carbonyl (C=O) groups is 3. The smallest absolute Gasteiger partial charge is 0.276 e. The molecule has 0 spiro atoms. The van der Waals surface area contributed by atoms with Crippen LogP contribution in [0.5, 0.6) is 0 Å². The third kappa shape index (κ3) is 5.75. The number of anilines is 2. The Kier molecular flexibility index (Phi) is 7.81. The number of rotatable bonds is 8. The molecule has 0 atom stereocenters. The standard InChI is InChI=1S/C24H27N5O4S/c1-17(31)28-8-10-29(11-9-28)19-6-7-21(25-14-19)23(32)27-24-26-22(16-34-24)20-5-3-2-4-18(20)15-33-13-12-30/h4-7,12,14,16H,2-3,8-11,13,15H2,1H3,(H,26,27,32). The minimum absolute atomic E-state index is 0.0589. The normalized spacial score (nSPS) is 16.0. The summed E-state index contributed by atoms with van der Waals surface area (Å²) in [5.41, 5.74) is 3.98. The molecule has 4 rings (SSSR count). The summed E-state index contributed by atoms with van der Waals surface area (Å²) in [6.45, 7) is 4.83. The number of thiazole rings is 1. The van der Waals surface area contributed by atoms with E-state index in [9.17, 15) is 14.4 Å². The fourth-order valence-electron chi connectivity index (χ4n) is 3.95. The molecule has 178 valence electrons. The van der Waals surface area contributed by atoms with E-state index in [0.29, 0.717) is 30.5 Å². The highest BCUT2D eigenvalue weighted by Gasteiger charge is 2.20. The van der Waals surface area contributed by atoms with Crippen LogP contribution >= 0.6 is 11.3 Å². The molecule has 1 fully saturated rings. The van der Waals surface area contributed by atoms with E-state index in [2.05, 4.69) is 32.3 Å². The van der Waals surface area contributed by atoms with Crippen molar-refractivity contribution in [3.8, 4) is 0 Å². The Hall–Kier alpha value is -3.37. The summed E-state index contributed by atoms with van der Waals surface area (Å²) in [5, 5.41) is 5.22. The molecule has 2 amide bonds. The number of aldehydes is 1. The minimum Gasteiger partial charge on any atom is -0.369 e. The molecule has 0 radical (unpaired) electrons. The molecule has 2 aliphatic rings. The number of piperazine rings is 1. The Balaban J connectivity index is 1.35. The largest absolute Gasteiger partial charge is 0.369 e. The number of ether oxygens (including phenoxy) is 1. The Morgan fingerprint density at radius 2 is 1.97 bits per heavy atom. The van der Waals surface area contributed by atoms with Crippen LogP contribution in [0.3, 0.4) is 0 Å². The van der Waals surface area contributed by atoms with E-state index < -0.39 is 0 Å². The van der Waals surface area contributed by atoms with Gasteiger partial charge < -0.3 is 19.3 Å². The lowest BCUT2D eigenvalue weighted by Crippen LogP contribution is -2.48. The van der Waals surface area contributed by atoms with E-state index in [1.54, 1.807) is 19.2 Å². The summed E-state index contributed by atoms with van der Waals surface area (Å²) in [4.78, 5) is 47.6. The van der Waals surface area contributed by atoms with E-state index >= 15 is 0 Å². The van der Waals surface area contributed by atoms with Crippen molar-refractivity contribution < 1.29 is 19.1 Å². The Morgan fingerprint density at radius 3 is 2.68 bits per heavy atom. The number of amides is 2.